The number of halogens is 1. The Kier molecular flexibility index (Phi) is 5.10. The van der Waals surface area contributed by atoms with Gasteiger partial charge in [0.05, 0.1) is 0 Å². The Morgan fingerprint density at radius 1 is 1.33 bits per heavy atom. The van der Waals surface area contributed by atoms with Gasteiger partial charge in [0.2, 0.25) is 5.91 Å². The van der Waals surface area contributed by atoms with Crippen LogP contribution >= 0.6 is 15.9 Å². The van der Waals surface area contributed by atoms with Gasteiger partial charge in [-0.3, -0.25) is 4.79 Å². The summed E-state index contributed by atoms with van der Waals surface area (Å²) < 4.78 is 0. The van der Waals surface area contributed by atoms with Crippen LogP contribution in [0, 0.1) is 5.92 Å². The fourth-order valence-electron chi connectivity index (χ4n) is 1.91. The van der Waals surface area contributed by atoms with Crippen LogP contribution in [0.5, 0.6) is 0 Å². The van der Waals surface area contributed by atoms with Crippen molar-refractivity contribution in [2.24, 2.45) is 5.92 Å². The van der Waals surface area contributed by atoms with E-state index in [0.717, 1.165) is 43.9 Å². The van der Waals surface area contributed by atoms with Gasteiger partial charge < -0.3 is 5.32 Å². The molecule has 15 heavy (non-hydrogen) atoms. The van der Waals surface area contributed by atoms with Crippen molar-refractivity contribution >= 4 is 21.8 Å². The highest BCUT2D eigenvalue weighted by Crippen LogP contribution is 2.37. The first-order valence-corrected chi connectivity index (χ1v) is 7.17. The molecule has 1 N–H and O–H groups in total. The second kappa shape index (κ2) is 5.88. The van der Waals surface area contributed by atoms with Crippen LogP contribution in [-0.2, 0) is 4.79 Å². The second-order valence-corrected chi connectivity index (χ2v) is 5.24. The lowest BCUT2D eigenvalue weighted by molar-refractivity contribution is -0.126. The van der Waals surface area contributed by atoms with E-state index in [-0.39, 0.29) is 17.4 Å². The molecular formula is C12H22BrNO. The average molecular weight is 276 g/mol. The van der Waals surface area contributed by atoms with Crippen LogP contribution < -0.4 is 5.32 Å². The van der Waals surface area contributed by atoms with Crippen LogP contribution in [0.25, 0.3) is 0 Å². The minimum Gasteiger partial charge on any atom is -0.350 e. The van der Waals surface area contributed by atoms with E-state index in [1.807, 2.05) is 0 Å². The van der Waals surface area contributed by atoms with Crippen molar-refractivity contribution in [2.45, 2.75) is 57.9 Å². The summed E-state index contributed by atoms with van der Waals surface area (Å²) in [6.45, 7) is 4.29. The Labute approximate surface area is 101 Å². The first-order chi connectivity index (χ1) is 7.17. The number of carbonyl (C=O) groups is 1. The van der Waals surface area contributed by atoms with Crippen LogP contribution in [-0.4, -0.2) is 16.8 Å². The molecule has 0 aromatic carbocycles. The maximum Gasteiger partial charge on any atom is 0.223 e. The monoisotopic (exact) mass is 275 g/mol. The molecule has 1 fully saturated rings. The maximum atomic E-state index is 12.0. The number of alkyl halides is 1. The summed E-state index contributed by atoms with van der Waals surface area (Å²) in [6.07, 6.45) is 6.51. The van der Waals surface area contributed by atoms with Crippen molar-refractivity contribution < 1.29 is 4.79 Å². The van der Waals surface area contributed by atoms with Gasteiger partial charge in [0.1, 0.15) is 0 Å². The molecule has 2 nitrogen and oxygen atoms in total. The third kappa shape index (κ3) is 3.78. The van der Waals surface area contributed by atoms with Crippen molar-refractivity contribution in [3.63, 3.8) is 0 Å². The first kappa shape index (κ1) is 13.0. The highest BCUT2D eigenvalue weighted by molar-refractivity contribution is 9.09. The van der Waals surface area contributed by atoms with Gasteiger partial charge in [0.15, 0.2) is 0 Å². The minimum atomic E-state index is 0.108. The number of rotatable bonds is 7. The SMILES string of the molecule is CCCC(CCC)C(=O)NC1(CBr)CC1. The van der Waals surface area contributed by atoms with E-state index in [1.54, 1.807) is 0 Å². The van der Waals surface area contributed by atoms with Gasteiger partial charge in [-0.25, -0.2) is 0 Å². The molecule has 0 bridgehead atoms. The Bertz CT molecular complexity index is 208. The standard InChI is InChI=1S/C12H22BrNO/c1-3-5-10(6-4-2)11(15)14-12(9-13)7-8-12/h10H,3-9H2,1-2H3,(H,14,15). The van der Waals surface area contributed by atoms with Crippen LogP contribution in [0.4, 0.5) is 0 Å². The molecule has 0 saturated heterocycles. The van der Waals surface area contributed by atoms with Crippen LogP contribution in [0.2, 0.25) is 0 Å². The molecule has 3 heteroatoms. The predicted molar refractivity (Wildman–Crippen MR) is 67.2 cm³/mol. The normalized spacial score (nSPS) is 17.9. The Hall–Kier alpha value is -0.0500. The third-order valence-electron chi connectivity index (χ3n) is 3.14. The molecule has 1 saturated carbocycles. The van der Waals surface area contributed by atoms with E-state index < -0.39 is 0 Å². The van der Waals surface area contributed by atoms with E-state index >= 15 is 0 Å². The molecule has 0 unspecified atom stereocenters. The molecular weight excluding hydrogens is 254 g/mol. The van der Waals surface area contributed by atoms with Gasteiger partial charge in [-0.15, -0.1) is 0 Å². The van der Waals surface area contributed by atoms with E-state index in [1.165, 1.54) is 0 Å². The number of hydrogen-bond donors (Lipinski definition) is 1. The molecule has 0 atom stereocenters. The lowest BCUT2D eigenvalue weighted by atomic mass is 9.97. The number of carbonyl (C=O) groups excluding carboxylic acids is 1. The second-order valence-electron chi connectivity index (χ2n) is 4.68. The van der Waals surface area contributed by atoms with E-state index in [0.29, 0.717) is 0 Å². The molecule has 0 radical (unpaired) electrons. The Balaban J connectivity index is 2.41. The van der Waals surface area contributed by atoms with Crippen molar-refractivity contribution in [3.8, 4) is 0 Å². The molecule has 0 spiro atoms. The molecule has 88 valence electrons. The zero-order valence-corrected chi connectivity index (χ0v) is 11.4. The van der Waals surface area contributed by atoms with Gasteiger partial charge in [-0.1, -0.05) is 42.6 Å². The topological polar surface area (TPSA) is 29.1 Å². The zero-order valence-electron chi connectivity index (χ0n) is 9.81. The van der Waals surface area contributed by atoms with Gasteiger partial charge >= 0.3 is 0 Å². The van der Waals surface area contributed by atoms with Gasteiger partial charge in [0.25, 0.3) is 0 Å². The third-order valence-corrected chi connectivity index (χ3v) is 4.22. The lowest BCUT2D eigenvalue weighted by Crippen LogP contribution is -2.41. The van der Waals surface area contributed by atoms with E-state index in [4.69, 9.17) is 0 Å². The van der Waals surface area contributed by atoms with E-state index in [2.05, 4.69) is 35.1 Å². The summed E-state index contributed by atoms with van der Waals surface area (Å²) in [5, 5.41) is 4.10. The largest absolute Gasteiger partial charge is 0.350 e. The summed E-state index contributed by atoms with van der Waals surface area (Å²) in [4.78, 5) is 12.0. The van der Waals surface area contributed by atoms with Crippen molar-refractivity contribution in [3.05, 3.63) is 0 Å². The van der Waals surface area contributed by atoms with Crippen molar-refractivity contribution in [1.29, 1.82) is 0 Å². The maximum absolute atomic E-state index is 12.0. The van der Waals surface area contributed by atoms with Crippen molar-refractivity contribution in [2.75, 3.05) is 5.33 Å². The van der Waals surface area contributed by atoms with Gasteiger partial charge in [-0.05, 0) is 25.7 Å². The van der Waals surface area contributed by atoms with Gasteiger partial charge in [-0.2, -0.15) is 0 Å². The molecule has 1 amide bonds. The summed E-state index contributed by atoms with van der Waals surface area (Å²) in [7, 11) is 0. The Morgan fingerprint density at radius 3 is 2.20 bits per heavy atom. The lowest BCUT2D eigenvalue weighted by Gasteiger charge is -2.20. The van der Waals surface area contributed by atoms with Gasteiger partial charge in [0, 0.05) is 16.8 Å². The highest BCUT2D eigenvalue weighted by Gasteiger charge is 2.43. The van der Waals surface area contributed by atoms with Crippen LogP contribution in [0.1, 0.15) is 52.4 Å². The summed E-state index contributed by atoms with van der Waals surface area (Å²) in [5.41, 5.74) is 0.108. The predicted octanol–water partition coefficient (Wildman–Crippen LogP) is 3.25. The minimum absolute atomic E-state index is 0.108. The summed E-state index contributed by atoms with van der Waals surface area (Å²) in [5.74, 6) is 0.507. The molecule has 0 aromatic rings. The molecule has 1 rings (SSSR count). The number of hydrogen-bond acceptors (Lipinski definition) is 1. The quantitative estimate of drug-likeness (QED) is 0.710. The Morgan fingerprint density at radius 2 is 1.87 bits per heavy atom. The molecule has 1 aliphatic carbocycles. The van der Waals surface area contributed by atoms with Crippen molar-refractivity contribution in [1.82, 2.24) is 5.32 Å². The smallest absolute Gasteiger partial charge is 0.223 e. The fraction of sp³-hybridized carbons (Fsp3) is 0.917. The number of amides is 1. The van der Waals surface area contributed by atoms with Crippen LogP contribution in [0.3, 0.4) is 0 Å². The summed E-state index contributed by atoms with van der Waals surface area (Å²) >= 11 is 3.47. The average Bonchev–Trinajstić information content (AvgIpc) is 2.98. The molecule has 0 heterocycles. The molecule has 1 aliphatic rings. The fourth-order valence-corrected chi connectivity index (χ4v) is 2.61. The highest BCUT2D eigenvalue weighted by atomic mass is 79.9. The summed E-state index contributed by atoms with van der Waals surface area (Å²) in [6, 6.07) is 0. The van der Waals surface area contributed by atoms with E-state index in [9.17, 15) is 4.79 Å². The first-order valence-electron chi connectivity index (χ1n) is 6.05. The zero-order chi connectivity index (χ0) is 11.3. The van der Waals surface area contributed by atoms with Crippen LogP contribution in [0.15, 0.2) is 0 Å². The number of nitrogens with one attached hydrogen (secondary N) is 1. The molecule has 0 aliphatic heterocycles. The molecule has 0 aromatic heterocycles.